The standard InChI is InChI=1S/C18H20N4O6/c1-26-15-9-13(14(22(24)25)10-16(15)27-2)18(23)21-7-4-12(5-8-21)28-17-3-6-19-11-20-17/h3,6,9-12H,4-5,7-8H2,1-2H3. The summed E-state index contributed by atoms with van der Waals surface area (Å²) >= 11 is 0. The van der Waals surface area contributed by atoms with E-state index in [0.29, 0.717) is 31.8 Å². The minimum absolute atomic E-state index is 0.0298. The number of hydrogen-bond donors (Lipinski definition) is 0. The Morgan fingerprint density at radius 2 is 1.89 bits per heavy atom. The van der Waals surface area contributed by atoms with E-state index in [9.17, 15) is 14.9 Å². The molecule has 1 aliphatic heterocycles. The fourth-order valence-corrected chi connectivity index (χ4v) is 3.06. The minimum Gasteiger partial charge on any atom is -0.493 e. The Hall–Kier alpha value is -3.43. The molecule has 0 aliphatic carbocycles. The summed E-state index contributed by atoms with van der Waals surface area (Å²) in [6, 6.07) is 4.23. The van der Waals surface area contributed by atoms with Crippen LogP contribution < -0.4 is 14.2 Å². The summed E-state index contributed by atoms with van der Waals surface area (Å²) in [5, 5.41) is 11.4. The molecule has 1 aromatic carbocycles. The van der Waals surface area contributed by atoms with Crippen molar-refractivity contribution in [1.29, 1.82) is 0 Å². The van der Waals surface area contributed by atoms with E-state index >= 15 is 0 Å². The average Bonchev–Trinajstić information content (AvgIpc) is 2.73. The van der Waals surface area contributed by atoms with Crippen LogP contribution in [0.15, 0.2) is 30.7 Å². The molecule has 0 unspecified atom stereocenters. The van der Waals surface area contributed by atoms with Gasteiger partial charge < -0.3 is 19.1 Å². The van der Waals surface area contributed by atoms with Crippen LogP contribution in [0, 0.1) is 10.1 Å². The van der Waals surface area contributed by atoms with E-state index in [0.717, 1.165) is 0 Å². The van der Waals surface area contributed by atoms with Crippen LogP contribution >= 0.6 is 0 Å². The monoisotopic (exact) mass is 388 g/mol. The Labute approximate surface area is 161 Å². The summed E-state index contributed by atoms with van der Waals surface area (Å²) in [5.74, 6) is 0.518. The molecule has 1 aliphatic rings. The zero-order chi connectivity index (χ0) is 20.1. The molecule has 10 nitrogen and oxygen atoms in total. The van der Waals surface area contributed by atoms with Crippen LogP contribution in [0.3, 0.4) is 0 Å². The third-order valence-electron chi connectivity index (χ3n) is 4.50. The Morgan fingerprint density at radius 1 is 1.21 bits per heavy atom. The fraction of sp³-hybridized carbons (Fsp3) is 0.389. The van der Waals surface area contributed by atoms with Crippen molar-refractivity contribution >= 4 is 11.6 Å². The topological polar surface area (TPSA) is 117 Å². The first-order valence-corrected chi connectivity index (χ1v) is 8.65. The summed E-state index contributed by atoms with van der Waals surface area (Å²) in [6.07, 6.45) is 4.11. The van der Waals surface area contributed by atoms with Crippen LogP contribution in [0.25, 0.3) is 0 Å². The highest BCUT2D eigenvalue weighted by molar-refractivity contribution is 5.99. The van der Waals surface area contributed by atoms with Gasteiger partial charge in [-0.15, -0.1) is 0 Å². The van der Waals surface area contributed by atoms with Crippen molar-refractivity contribution in [2.24, 2.45) is 0 Å². The number of hydrogen-bond acceptors (Lipinski definition) is 8. The van der Waals surface area contributed by atoms with Gasteiger partial charge in [-0.1, -0.05) is 0 Å². The van der Waals surface area contributed by atoms with E-state index in [1.807, 2.05) is 0 Å². The third kappa shape index (κ3) is 4.11. The normalized spacial score (nSPS) is 14.4. The molecule has 1 fully saturated rings. The number of nitro benzene ring substituents is 1. The van der Waals surface area contributed by atoms with Gasteiger partial charge >= 0.3 is 0 Å². The van der Waals surface area contributed by atoms with Crippen LogP contribution in [0.2, 0.25) is 0 Å². The molecule has 0 spiro atoms. The van der Waals surface area contributed by atoms with Gasteiger partial charge in [0.05, 0.1) is 25.2 Å². The van der Waals surface area contributed by atoms with E-state index in [-0.39, 0.29) is 28.9 Å². The Morgan fingerprint density at radius 3 is 2.46 bits per heavy atom. The Bertz CT molecular complexity index is 853. The third-order valence-corrected chi connectivity index (χ3v) is 4.50. The molecule has 0 bridgehead atoms. The van der Waals surface area contributed by atoms with E-state index in [2.05, 4.69) is 9.97 Å². The number of aromatic nitrogens is 2. The molecule has 2 aromatic rings. The zero-order valence-electron chi connectivity index (χ0n) is 15.5. The number of rotatable bonds is 6. The predicted octanol–water partition coefficient (Wildman–Crippen LogP) is 2.09. The maximum absolute atomic E-state index is 12.9. The van der Waals surface area contributed by atoms with E-state index in [4.69, 9.17) is 14.2 Å². The molecular weight excluding hydrogens is 368 g/mol. The van der Waals surface area contributed by atoms with Gasteiger partial charge in [0.2, 0.25) is 5.88 Å². The van der Waals surface area contributed by atoms with E-state index in [1.54, 1.807) is 17.2 Å². The quantitative estimate of drug-likeness (QED) is 0.545. The van der Waals surface area contributed by atoms with Crippen LogP contribution in [0.1, 0.15) is 23.2 Å². The number of carbonyl (C=O) groups is 1. The minimum atomic E-state index is -0.597. The lowest BCUT2D eigenvalue weighted by Gasteiger charge is -2.32. The average molecular weight is 388 g/mol. The maximum atomic E-state index is 12.9. The second-order valence-corrected chi connectivity index (χ2v) is 6.14. The number of amides is 1. The highest BCUT2D eigenvalue weighted by Gasteiger charge is 2.31. The van der Waals surface area contributed by atoms with Crippen molar-refractivity contribution in [3.63, 3.8) is 0 Å². The lowest BCUT2D eigenvalue weighted by Crippen LogP contribution is -2.42. The fourth-order valence-electron chi connectivity index (χ4n) is 3.06. The summed E-state index contributed by atoms with van der Waals surface area (Å²) in [4.78, 5) is 33.2. The zero-order valence-corrected chi connectivity index (χ0v) is 15.5. The van der Waals surface area contributed by atoms with Gasteiger partial charge in [0.15, 0.2) is 11.5 Å². The molecule has 148 valence electrons. The second-order valence-electron chi connectivity index (χ2n) is 6.14. The van der Waals surface area contributed by atoms with Crippen molar-refractivity contribution in [2.75, 3.05) is 27.3 Å². The number of ether oxygens (including phenoxy) is 3. The number of nitro groups is 1. The highest BCUT2D eigenvalue weighted by Crippen LogP contribution is 2.35. The first kappa shape index (κ1) is 19.3. The van der Waals surface area contributed by atoms with Crippen molar-refractivity contribution in [2.45, 2.75) is 18.9 Å². The number of likely N-dealkylation sites (tertiary alicyclic amines) is 1. The van der Waals surface area contributed by atoms with Gasteiger partial charge in [-0.2, -0.15) is 0 Å². The van der Waals surface area contributed by atoms with Crippen molar-refractivity contribution in [3.8, 4) is 17.4 Å². The smallest absolute Gasteiger partial charge is 0.286 e. The number of methoxy groups -OCH3 is 2. The molecule has 0 atom stereocenters. The van der Waals surface area contributed by atoms with Gasteiger partial charge in [-0.05, 0) is 0 Å². The molecule has 10 heteroatoms. The van der Waals surface area contributed by atoms with E-state index < -0.39 is 10.8 Å². The molecule has 1 aromatic heterocycles. The van der Waals surface area contributed by atoms with Gasteiger partial charge in [0.1, 0.15) is 18.0 Å². The summed E-state index contributed by atoms with van der Waals surface area (Å²) in [6.45, 7) is 0.833. The van der Waals surface area contributed by atoms with Gasteiger partial charge in [-0.3, -0.25) is 14.9 Å². The maximum Gasteiger partial charge on any atom is 0.286 e. The van der Waals surface area contributed by atoms with Crippen LogP contribution in [-0.4, -0.2) is 59.1 Å². The van der Waals surface area contributed by atoms with Crippen LogP contribution in [0.4, 0.5) is 5.69 Å². The predicted molar refractivity (Wildman–Crippen MR) is 97.8 cm³/mol. The Kier molecular flexibility index (Phi) is 5.87. The van der Waals surface area contributed by atoms with Crippen LogP contribution in [0.5, 0.6) is 17.4 Å². The first-order chi connectivity index (χ1) is 13.5. The van der Waals surface area contributed by atoms with Crippen molar-refractivity contribution < 1.29 is 23.9 Å². The largest absolute Gasteiger partial charge is 0.493 e. The Balaban J connectivity index is 1.73. The first-order valence-electron chi connectivity index (χ1n) is 8.65. The van der Waals surface area contributed by atoms with Crippen molar-refractivity contribution in [3.05, 3.63) is 46.4 Å². The van der Waals surface area contributed by atoms with Crippen molar-refractivity contribution in [1.82, 2.24) is 14.9 Å². The molecule has 3 rings (SSSR count). The summed E-state index contributed by atoms with van der Waals surface area (Å²) in [7, 11) is 2.79. The van der Waals surface area contributed by atoms with Gasteiger partial charge in [0, 0.05) is 44.3 Å². The lowest BCUT2D eigenvalue weighted by atomic mass is 10.0. The van der Waals surface area contributed by atoms with Gasteiger partial charge in [0.25, 0.3) is 11.6 Å². The number of benzene rings is 1. The van der Waals surface area contributed by atoms with E-state index in [1.165, 1.54) is 32.7 Å². The number of piperidine rings is 1. The molecule has 0 radical (unpaired) electrons. The molecule has 2 heterocycles. The summed E-state index contributed by atoms with van der Waals surface area (Å²) in [5.41, 5.74) is -0.347. The molecule has 0 N–H and O–H groups in total. The molecule has 1 amide bonds. The summed E-state index contributed by atoms with van der Waals surface area (Å²) < 4.78 is 16.1. The second kappa shape index (κ2) is 8.51. The molecular formula is C18H20N4O6. The lowest BCUT2D eigenvalue weighted by molar-refractivity contribution is -0.385. The molecule has 28 heavy (non-hydrogen) atoms. The van der Waals surface area contributed by atoms with Gasteiger partial charge in [-0.25, -0.2) is 9.97 Å². The molecule has 1 saturated heterocycles. The molecule has 0 saturated carbocycles. The highest BCUT2D eigenvalue weighted by atomic mass is 16.6. The SMILES string of the molecule is COc1cc(C(=O)N2CCC(Oc3ccncn3)CC2)c([N+](=O)[O-])cc1OC. The van der Waals surface area contributed by atoms with Crippen LogP contribution in [-0.2, 0) is 0 Å². The number of nitrogens with zero attached hydrogens (tertiary/aromatic N) is 4. The number of carbonyl (C=O) groups excluding carboxylic acids is 1.